The monoisotopic (exact) mass is 233 g/mol. The molecule has 0 aromatic carbocycles. The molecular formula is C10H11N5O2. The molecule has 2 aromatic rings. The highest BCUT2D eigenvalue weighted by Crippen LogP contribution is 2.24. The molecule has 0 aliphatic rings. The average molecular weight is 233 g/mol. The van der Waals surface area contributed by atoms with E-state index in [1.807, 2.05) is 12.1 Å². The Bertz CT molecular complexity index is 471. The molecule has 2 aromatic heterocycles. The topological polar surface area (TPSA) is 93.6 Å². The molecule has 2 heterocycles. The normalized spacial score (nSPS) is 12.1. The Kier molecular flexibility index (Phi) is 3.39. The first-order valence-corrected chi connectivity index (χ1v) is 5.01. The van der Waals surface area contributed by atoms with Crippen molar-refractivity contribution >= 4 is 5.97 Å². The third kappa shape index (κ3) is 2.63. The van der Waals surface area contributed by atoms with Crippen LogP contribution in [0.1, 0.15) is 23.7 Å². The number of rotatable bonds is 4. The van der Waals surface area contributed by atoms with Crippen LogP contribution in [-0.4, -0.2) is 38.7 Å². The zero-order valence-electron chi connectivity index (χ0n) is 9.20. The van der Waals surface area contributed by atoms with Crippen LogP contribution in [-0.2, 0) is 9.53 Å². The van der Waals surface area contributed by atoms with E-state index >= 15 is 0 Å². The molecule has 0 spiro atoms. The predicted octanol–water partition coefficient (Wildman–Crippen LogP) is 0.290. The van der Waals surface area contributed by atoms with Crippen molar-refractivity contribution in [3.63, 3.8) is 0 Å². The highest BCUT2D eigenvalue weighted by molar-refractivity contribution is 5.70. The fourth-order valence-corrected chi connectivity index (χ4v) is 1.52. The molecule has 0 saturated heterocycles. The van der Waals surface area contributed by atoms with Gasteiger partial charge in [-0.05, 0) is 17.7 Å². The van der Waals surface area contributed by atoms with Gasteiger partial charge in [-0.1, -0.05) is 5.21 Å². The summed E-state index contributed by atoms with van der Waals surface area (Å²) in [6.07, 6.45) is 3.47. The molecular weight excluding hydrogens is 222 g/mol. The van der Waals surface area contributed by atoms with E-state index in [4.69, 9.17) is 0 Å². The van der Waals surface area contributed by atoms with Crippen LogP contribution in [0.2, 0.25) is 0 Å². The first-order valence-electron chi connectivity index (χ1n) is 5.01. The first-order chi connectivity index (χ1) is 8.31. The SMILES string of the molecule is COC(=O)CC(c1ccncc1)c1nn[nH]n1. The smallest absolute Gasteiger partial charge is 0.306 e. The van der Waals surface area contributed by atoms with E-state index in [0.717, 1.165) is 5.56 Å². The quantitative estimate of drug-likeness (QED) is 0.763. The molecule has 0 aliphatic carbocycles. The Morgan fingerprint density at radius 2 is 2.24 bits per heavy atom. The number of ether oxygens (including phenoxy) is 1. The second-order valence-corrected chi connectivity index (χ2v) is 3.38. The van der Waals surface area contributed by atoms with Crippen LogP contribution in [0.25, 0.3) is 0 Å². The molecule has 17 heavy (non-hydrogen) atoms. The molecule has 88 valence electrons. The standard InChI is InChI=1S/C10H11N5O2/c1-17-9(16)6-8(10-12-14-15-13-10)7-2-4-11-5-3-7/h2-5,8H,6H2,1H3,(H,12,13,14,15). The van der Waals surface area contributed by atoms with Crippen LogP contribution in [0.4, 0.5) is 0 Å². The van der Waals surface area contributed by atoms with Gasteiger partial charge in [0.05, 0.1) is 19.4 Å². The Labute approximate surface area is 97.2 Å². The number of H-pyrrole nitrogens is 1. The highest BCUT2D eigenvalue weighted by atomic mass is 16.5. The molecule has 2 rings (SSSR count). The van der Waals surface area contributed by atoms with Crippen molar-refractivity contribution in [2.75, 3.05) is 7.11 Å². The Morgan fingerprint density at radius 1 is 1.47 bits per heavy atom. The average Bonchev–Trinajstić information content (AvgIpc) is 2.90. The lowest BCUT2D eigenvalue weighted by Gasteiger charge is -2.11. The number of aromatic nitrogens is 5. The first kappa shape index (κ1) is 11.2. The summed E-state index contributed by atoms with van der Waals surface area (Å²) in [5.41, 5.74) is 0.895. The van der Waals surface area contributed by atoms with E-state index in [2.05, 4.69) is 30.3 Å². The summed E-state index contributed by atoms with van der Waals surface area (Å²) in [6.45, 7) is 0. The maximum Gasteiger partial charge on any atom is 0.306 e. The van der Waals surface area contributed by atoms with Crippen molar-refractivity contribution in [2.24, 2.45) is 0 Å². The number of hydrogen-bond donors (Lipinski definition) is 1. The number of methoxy groups -OCH3 is 1. The minimum atomic E-state index is -0.323. The summed E-state index contributed by atoms with van der Waals surface area (Å²) in [4.78, 5) is 15.3. The van der Waals surface area contributed by atoms with Crippen LogP contribution in [0.5, 0.6) is 0 Å². The van der Waals surface area contributed by atoms with Gasteiger partial charge in [0, 0.05) is 12.4 Å². The zero-order chi connectivity index (χ0) is 12.1. The van der Waals surface area contributed by atoms with Gasteiger partial charge >= 0.3 is 5.97 Å². The van der Waals surface area contributed by atoms with Gasteiger partial charge < -0.3 is 4.74 Å². The Hall–Kier alpha value is -2.31. The summed E-state index contributed by atoms with van der Waals surface area (Å²) in [7, 11) is 1.35. The van der Waals surface area contributed by atoms with Crippen LogP contribution < -0.4 is 0 Å². The molecule has 0 bridgehead atoms. The van der Waals surface area contributed by atoms with Gasteiger partial charge in [0.25, 0.3) is 0 Å². The lowest BCUT2D eigenvalue weighted by Crippen LogP contribution is -2.11. The number of hydrogen-bond acceptors (Lipinski definition) is 6. The van der Waals surface area contributed by atoms with Gasteiger partial charge in [-0.2, -0.15) is 5.21 Å². The minimum absolute atomic E-state index is 0.167. The maximum atomic E-state index is 11.4. The molecule has 0 aliphatic heterocycles. The van der Waals surface area contributed by atoms with E-state index < -0.39 is 0 Å². The summed E-state index contributed by atoms with van der Waals surface area (Å²) in [5, 5.41) is 13.7. The highest BCUT2D eigenvalue weighted by Gasteiger charge is 2.22. The van der Waals surface area contributed by atoms with Crippen LogP contribution in [0.3, 0.4) is 0 Å². The van der Waals surface area contributed by atoms with Gasteiger partial charge in [0.2, 0.25) is 0 Å². The van der Waals surface area contributed by atoms with E-state index in [9.17, 15) is 4.79 Å². The van der Waals surface area contributed by atoms with Crippen LogP contribution in [0, 0.1) is 0 Å². The number of nitrogens with one attached hydrogen (secondary N) is 1. The molecule has 7 nitrogen and oxygen atoms in total. The number of tetrazole rings is 1. The van der Waals surface area contributed by atoms with Crippen LogP contribution in [0.15, 0.2) is 24.5 Å². The molecule has 1 N–H and O–H groups in total. The Morgan fingerprint density at radius 3 is 2.82 bits per heavy atom. The summed E-state index contributed by atoms with van der Waals surface area (Å²) < 4.78 is 4.66. The molecule has 0 fully saturated rings. The van der Waals surface area contributed by atoms with Crippen molar-refractivity contribution in [2.45, 2.75) is 12.3 Å². The van der Waals surface area contributed by atoms with Crippen LogP contribution >= 0.6 is 0 Å². The number of nitrogens with zero attached hydrogens (tertiary/aromatic N) is 4. The van der Waals surface area contributed by atoms with Gasteiger partial charge in [-0.15, -0.1) is 10.2 Å². The third-order valence-corrected chi connectivity index (χ3v) is 2.38. The molecule has 1 unspecified atom stereocenters. The largest absolute Gasteiger partial charge is 0.469 e. The maximum absolute atomic E-state index is 11.4. The van der Waals surface area contributed by atoms with Crippen molar-refractivity contribution < 1.29 is 9.53 Å². The number of esters is 1. The summed E-state index contributed by atoms with van der Waals surface area (Å²) in [6, 6.07) is 3.62. The summed E-state index contributed by atoms with van der Waals surface area (Å²) >= 11 is 0. The fraction of sp³-hybridized carbons (Fsp3) is 0.300. The van der Waals surface area contributed by atoms with Gasteiger partial charge in [-0.3, -0.25) is 9.78 Å². The van der Waals surface area contributed by atoms with Crippen molar-refractivity contribution in [3.05, 3.63) is 35.9 Å². The fourth-order valence-electron chi connectivity index (χ4n) is 1.52. The van der Waals surface area contributed by atoms with Gasteiger partial charge in [-0.25, -0.2) is 0 Å². The van der Waals surface area contributed by atoms with E-state index in [-0.39, 0.29) is 18.3 Å². The van der Waals surface area contributed by atoms with Crippen molar-refractivity contribution in [1.82, 2.24) is 25.6 Å². The number of pyridine rings is 1. The second kappa shape index (κ2) is 5.15. The minimum Gasteiger partial charge on any atom is -0.469 e. The molecule has 0 amide bonds. The van der Waals surface area contributed by atoms with Crippen molar-refractivity contribution in [3.8, 4) is 0 Å². The summed E-state index contributed by atoms with van der Waals surface area (Å²) in [5.74, 6) is -0.137. The predicted molar refractivity (Wildman–Crippen MR) is 56.9 cm³/mol. The van der Waals surface area contributed by atoms with E-state index in [0.29, 0.717) is 5.82 Å². The van der Waals surface area contributed by atoms with E-state index in [1.165, 1.54) is 7.11 Å². The third-order valence-electron chi connectivity index (χ3n) is 2.38. The number of carbonyl (C=O) groups excluding carboxylic acids is 1. The second-order valence-electron chi connectivity index (χ2n) is 3.38. The van der Waals surface area contributed by atoms with Crippen molar-refractivity contribution in [1.29, 1.82) is 0 Å². The van der Waals surface area contributed by atoms with E-state index in [1.54, 1.807) is 12.4 Å². The van der Waals surface area contributed by atoms with Gasteiger partial charge in [0.1, 0.15) is 0 Å². The lowest BCUT2D eigenvalue weighted by molar-refractivity contribution is -0.140. The molecule has 1 atom stereocenters. The number of aromatic amines is 1. The Balaban J connectivity index is 2.28. The lowest BCUT2D eigenvalue weighted by atomic mass is 9.96. The zero-order valence-corrected chi connectivity index (χ0v) is 9.20. The number of carbonyl (C=O) groups is 1. The molecule has 7 heteroatoms. The molecule has 0 saturated carbocycles. The molecule has 0 radical (unpaired) electrons. The van der Waals surface area contributed by atoms with Gasteiger partial charge in [0.15, 0.2) is 5.82 Å².